The molecule has 4 N–H and O–H groups in total. The average molecular weight is 341 g/mol. The lowest BCUT2D eigenvalue weighted by molar-refractivity contribution is -0.143. The first-order valence-corrected chi connectivity index (χ1v) is 7.35. The average Bonchev–Trinajstić information content (AvgIpc) is 2.39. The maximum atomic E-state index is 11.7. The molecule has 0 radical (unpaired) electrons. The third-order valence-corrected chi connectivity index (χ3v) is 4.41. The number of aliphatic carboxylic acids is 1. The van der Waals surface area contributed by atoms with Crippen LogP contribution in [0.25, 0.3) is 0 Å². The van der Waals surface area contributed by atoms with Gasteiger partial charge < -0.3 is 16.2 Å². The Labute approximate surface area is 125 Å². The Kier molecular flexibility index (Phi) is 4.32. The number of halogens is 1. The fourth-order valence-electron chi connectivity index (χ4n) is 2.68. The molecule has 0 atom stereocenters. The van der Waals surface area contributed by atoms with Crippen molar-refractivity contribution in [1.29, 1.82) is 0 Å². The highest BCUT2D eigenvalue weighted by Crippen LogP contribution is 2.34. The quantitative estimate of drug-likeness (QED) is 0.785. The van der Waals surface area contributed by atoms with Gasteiger partial charge in [-0.25, -0.2) is 4.79 Å². The number of primary amides is 1. The van der Waals surface area contributed by atoms with Crippen LogP contribution in [0, 0.1) is 0 Å². The summed E-state index contributed by atoms with van der Waals surface area (Å²) in [4.78, 5) is 23.2. The summed E-state index contributed by atoms with van der Waals surface area (Å²) in [5, 5.41) is 12.6. The Bertz CT molecular complexity index is 539. The van der Waals surface area contributed by atoms with E-state index in [9.17, 15) is 14.7 Å². The summed E-state index contributed by atoms with van der Waals surface area (Å²) < 4.78 is 0.561. The molecule has 0 heterocycles. The van der Waals surface area contributed by atoms with E-state index in [1.165, 1.54) is 0 Å². The van der Waals surface area contributed by atoms with Crippen molar-refractivity contribution in [3.63, 3.8) is 0 Å². The summed E-state index contributed by atoms with van der Waals surface area (Å²) in [6.45, 7) is 0. The predicted octanol–water partition coefficient (Wildman–Crippen LogP) is 2.75. The number of carbonyl (C=O) groups is 2. The third-order valence-electron chi connectivity index (χ3n) is 3.75. The lowest BCUT2D eigenvalue weighted by Crippen LogP contribution is -2.48. The first kappa shape index (κ1) is 14.8. The van der Waals surface area contributed by atoms with E-state index < -0.39 is 17.4 Å². The Morgan fingerprint density at radius 1 is 1.25 bits per heavy atom. The minimum absolute atomic E-state index is 0.290. The molecule has 6 heteroatoms. The summed E-state index contributed by atoms with van der Waals surface area (Å²) in [6, 6.07) is 5.14. The number of benzene rings is 1. The fourth-order valence-corrected chi connectivity index (χ4v) is 3.25. The van der Waals surface area contributed by atoms with Gasteiger partial charge in [0.1, 0.15) is 5.54 Å². The number of carbonyl (C=O) groups excluding carboxylic acids is 1. The van der Waals surface area contributed by atoms with Crippen molar-refractivity contribution in [2.45, 2.75) is 37.6 Å². The van der Waals surface area contributed by atoms with Gasteiger partial charge in [-0.1, -0.05) is 25.3 Å². The molecule has 0 aromatic heterocycles. The minimum atomic E-state index is -1.01. The van der Waals surface area contributed by atoms with E-state index >= 15 is 0 Å². The van der Waals surface area contributed by atoms with Crippen LogP contribution in [-0.4, -0.2) is 22.5 Å². The van der Waals surface area contributed by atoms with E-state index in [1.54, 1.807) is 18.2 Å². The molecule has 108 valence electrons. The van der Waals surface area contributed by atoms with Crippen LogP contribution in [0.4, 0.5) is 5.69 Å². The molecule has 1 saturated carbocycles. The second kappa shape index (κ2) is 5.83. The van der Waals surface area contributed by atoms with Gasteiger partial charge in [-0.15, -0.1) is 0 Å². The van der Waals surface area contributed by atoms with Crippen LogP contribution in [0.15, 0.2) is 22.7 Å². The van der Waals surface area contributed by atoms with Gasteiger partial charge in [-0.2, -0.15) is 0 Å². The van der Waals surface area contributed by atoms with Crippen LogP contribution in [-0.2, 0) is 4.79 Å². The zero-order valence-corrected chi connectivity index (χ0v) is 12.6. The molecular weight excluding hydrogens is 324 g/mol. The minimum Gasteiger partial charge on any atom is -0.480 e. The summed E-state index contributed by atoms with van der Waals surface area (Å²) in [6.07, 6.45) is 3.86. The van der Waals surface area contributed by atoms with Gasteiger partial charge in [0.25, 0.3) is 5.91 Å². The largest absolute Gasteiger partial charge is 0.480 e. The van der Waals surface area contributed by atoms with E-state index in [-0.39, 0.29) is 0 Å². The van der Waals surface area contributed by atoms with Crippen LogP contribution >= 0.6 is 15.9 Å². The smallest absolute Gasteiger partial charge is 0.329 e. The molecule has 20 heavy (non-hydrogen) atoms. The molecule has 0 bridgehead atoms. The normalized spacial score (nSPS) is 17.4. The van der Waals surface area contributed by atoms with Crippen LogP contribution in [0.1, 0.15) is 42.5 Å². The topological polar surface area (TPSA) is 92.4 Å². The summed E-state index contributed by atoms with van der Waals surface area (Å²) >= 11 is 3.28. The number of rotatable bonds is 4. The fraction of sp³-hybridized carbons (Fsp3) is 0.429. The van der Waals surface area contributed by atoms with Gasteiger partial charge in [0, 0.05) is 10.2 Å². The molecular formula is C14H17BrN2O3. The molecule has 5 nitrogen and oxygen atoms in total. The van der Waals surface area contributed by atoms with Crippen molar-refractivity contribution in [3.8, 4) is 0 Å². The zero-order chi connectivity index (χ0) is 14.8. The van der Waals surface area contributed by atoms with Gasteiger partial charge >= 0.3 is 5.97 Å². The third kappa shape index (κ3) is 2.80. The van der Waals surface area contributed by atoms with Crippen molar-refractivity contribution >= 4 is 33.5 Å². The molecule has 0 spiro atoms. The van der Waals surface area contributed by atoms with Crippen molar-refractivity contribution in [2.24, 2.45) is 5.73 Å². The first-order valence-electron chi connectivity index (χ1n) is 6.56. The zero-order valence-electron chi connectivity index (χ0n) is 11.0. The van der Waals surface area contributed by atoms with Crippen molar-refractivity contribution in [2.75, 3.05) is 5.32 Å². The lowest BCUT2D eigenvalue weighted by Gasteiger charge is -2.35. The number of amides is 1. The van der Waals surface area contributed by atoms with Gasteiger partial charge in [0.05, 0.1) is 5.56 Å². The molecule has 1 fully saturated rings. The van der Waals surface area contributed by atoms with Crippen molar-refractivity contribution in [3.05, 3.63) is 28.2 Å². The molecule has 1 aliphatic rings. The molecule has 1 aromatic carbocycles. The van der Waals surface area contributed by atoms with Crippen molar-refractivity contribution < 1.29 is 14.7 Å². The van der Waals surface area contributed by atoms with Gasteiger partial charge in [0.2, 0.25) is 0 Å². The summed E-state index contributed by atoms with van der Waals surface area (Å²) in [7, 11) is 0. The van der Waals surface area contributed by atoms with Crippen molar-refractivity contribution in [1.82, 2.24) is 0 Å². The maximum Gasteiger partial charge on any atom is 0.329 e. The Hall–Kier alpha value is -1.56. The highest BCUT2D eigenvalue weighted by molar-refractivity contribution is 9.10. The van der Waals surface area contributed by atoms with Gasteiger partial charge in [0.15, 0.2) is 0 Å². The van der Waals surface area contributed by atoms with E-state index in [0.29, 0.717) is 28.6 Å². The molecule has 2 rings (SSSR count). The first-order chi connectivity index (χ1) is 9.46. The highest BCUT2D eigenvalue weighted by atomic mass is 79.9. The molecule has 0 aliphatic heterocycles. The van der Waals surface area contributed by atoms with E-state index in [1.807, 2.05) is 0 Å². The molecule has 0 unspecified atom stereocenters. The number of carboxylic acid groups (broad SMARTS) is 1. The van der Waals surface area contributed by atoms with Crippen LogP contribution in [0.5, 0.6) is 0 Å². The number of anilines is 1. The molecule has 1 aromatic rings. The molecule has 0 saturated heterocycles. The number of hydrogen-bond donors (Lipinski definition) is 3. The second-order valence-corrected chi connectivity index (χ2v) is 5.95. The lowest BCUT2D eigenvalue weighted by atomic mass is 9.81. The van der Waals surface area contributed by atoms with Crippen LogP contribution in [0.3, 0.4) is 0 Å². The van der Waals surface area contributed by atoms with E-state index in [2.05, 4.69) is 21.2 Å². The molecule has 1 aliphatic carbocycles. The van der Waals surface area contributed by atoms with E-state index in [0.717, 1.165) is 19.3 Å². The Balaban J connectivity index is 2.39. The number of nitrogens with one attached hydrogen (secondary N) is 1. The van der Waals surface area contributed by atoms with Crippen LogP contribution < -0.4 is 11.1 Å². The summed E-state index contributed by atoms with van der Waals surface area (Å²) in [5.41, 5.74) is 5.13. The van der Waals surface area contributed by atoms with Gasteiger partial charge in [-0.3, -0.25) is 4.79 Å². The predicted molar refractivity (Wildman–Crippen MR) is 79.7 cm³/mol. The number of nitrogens with two attached hydrogens (primary N) is 1. The standard InChI is InChI=1S/C14H17BrN2O3/c15-9-5-4-6-10(11(9)12(16)18)17-14(13(19)20)7-2-1-3-8-14/h4-6,17H,1-3,7-8H2,(H2,16,18)(H,19,20). The number of hydrogen-bond acceptors (Lipinski definition) is 3. The Morgan fingerprint density at radius 3 is 2.45 bits per heavy atom. The summed E-state index contributed by atoms with van der Waals surface area (Å²) in [5.74, 6) is -1.47. The van der Waals surface area contributed by atoms with E-state index in [4.69, 9.17) is 5.73 Å². The second-order valence-electron chi connectivity index (χ2n) is 5.10. The highest BCUT2D eigenvalue weighted by Gasteiger charge is 2.40. The SMILES string of the molecule is NC(=O)c1c(Br)cccc1NC1(C(=O)O)CCCCC1. The monoisotopic (exact) mass is 340 g/mol. The number of carboxylic acids is 1. The van der Waals surface area contributed by atoms with Crippen LogP contribution in [0.2, 0.25) is 0 Å². The van der Waals surface area contributed by atoms with Gasteiger partial charge in [-0.05, 0) is 40.9 Å². The molecule has 1 amide bonds. The maximum absolute atomic E-state index is 11.7. The Morgan fingerprint density at radius 2 is 1.90 bits per heavy atom.